The summed E-state index contributed by atoms with van der Waals surface area (Å²) in [6.45, 7) is 0. The summed E-state index contributed by atoms with van der Waals surface area (Å²) in [5, 5.41) is 22.3. The Morgan fingerprint density at radius 3 is 1.83 bits per heavy atom. The highest BCUT2D eigenvalue weighted by atomic mass is 32.2. The number of nitro groups is 2. The van der Waals surface area contributed by atoms with E-state index in [4.69, 9.17) is 0 Å². The molecule has 0 amide bonds. The molecule has 0 spiro atoms. The summed E-state index contributed by atoms with van der Waals surface area (Å²) in [7, 11) is 0. The zero-order valence-corrected chi connectivity index (χ0v) is 15.3. The van der Waals surface area contributed by atoms with Crippen LogP contribution in [0.4, 0.5) is 11.4 Å². The lowest BCUT2D eigenvalue weighted by atomic mass is 9.83. The Hall–Kier alpha value is -3.85. The van der Waals surface area contributed by atoms with Crippen LogP contribution in [0, 0.1) is 20.2 Å². The minimum Gasteiger partial charge on any atom is -0.289 e. The summed E-state index contributed by atoms with van der Waals surface area (Å²) in [5.74, 6) is -1.05. The summed E-state index contributed by atoms with van der Waals surface area (Å²) in [5.41, 5.74) is -0.445. The third-order valence-electron chi connectivity index (χ3n) is 4.49. The van der Waals surface area contributed by atoms with Crippen molar-refractivity contribution in [3.63, 3.8) is 0 Å². The van der Waals surface area contributed by atoms with Gasteiger partial charge in [-0.15, -0.1) is 0 Å². The Morgan fingerprint density at radius 1 is 0.690 bits per heavy atom. The first-order valence-electron chi connectivity index (χ1n) is 8.30. The van der Waals surface area contributed by atoms with Gasteiger partial charge in [0.1, 0.15) is 5.56 Å². The van der Waals surface area contributed by atoms with Gasteiger partial charge in [-0.25, -0.2) is 0 Å². The van der Waals surface area contributed by atoms with E-state index in [1.165, 1.54) is 48.5 Å². The number of carbonyl (C=O) groups excluding carboxylic acids is 2. The molecule has 0 aromatic heterocycles. The van der Waals surface area contributed by atoms with Crippen molar-refractivity contribution in [3.8, 4) is 0 Å². The molecular weight excluding hydrogens is 396 g/mol. The van der Waals surface area contributed by atoms with E-state index in [0.29, 0.717) is 9.79 Å². The molecule has 0 N–H and O–H groups in total. The van der Waals surface area contributed by atoms with Gasteiger partial charge >= 0.3 is 0 Å². The number of benzene rings is 3. The molecule has 0 unspecified atom stereocenters. The van der Waals surface area contributed by atoms with E-state index >= 15 is 0 Å². The number of rotatable bonds is 4. The molecular formula is C20H10N2O6S. The molecule has 4 rings (SSSR count). The van der Waals surface area contributed by atoms with Crippen molar-refractivity contribution in [2.45, 2.75) is 9.79 Å². The Kier molecular flexibility index (Phi) is 4.44. The lowest BCUT2D eigenvalue weighted by Crippen LogP contribution is -2.23. The predicted molar refractivity (Wildman–Crippen MR) is 104 cm³/mol. The van der Waals surface area contributed by atoms with Gasteiger partial charge in [0.15, 0.2) is 5.78 Å². The number of hydrogen-bond acceptors (Lipinski definition) is 7. The second-order valence-corrected chi connectivity index (χ2v) is 7.26. The van der Waals surface area contributed by atoms with Gasteiger partial charge in [0, 0.05) is 39.1 Å². The maximum absolute atomic E-state index is 13.1. The summed E-state index contributed by atoms with van der Waals surface area (Å²) in [4.78, 5) is 48.1. The zero-order valence-electron chi connectivity index (χ0n) is 14.5. The van der Waals surface area contributed by atoms with Crippen LogP contribution in [-0.4, -0.2) is 21.4 Å². The van der Waals surface area contributed by atoms with Gasteiger partial charge in [-0.1, -0.05) is 36.0 Å². The number of nitrogens with zero attached hydrogens (tertiary/aromatic N) is 2. The summed E-state index contributed by atoms with van der Waals surface area (Å²) in [6, 6.07) is 14.5. The minimum absolute atomic E-state index is 0.0220. The Balaban J connectivity index is 1.87. The third-order valence-corrected chi connectivity index (χ3v) is 5.56. The van der Waals surface area contributed by atoms with Crippen molar-refractivity contribution in [2.75, 3.05) is 0 Å². The quantitative estimate of drug-likeness (QED) is 0.363. The largest absolute Gasteiger partial charge is 0.289 e. The van der Waals surface area contributed by atoms with Crippen LogP contribution in [0.5, 0.6) is 0 Å². The van der Waals surface area contributed by atoms with Crippen molar-refractivity contribution in [1.82, 2.24) is 0 Å². The van der Waals surface area contributed by atoms with E-state index in [2.05, 4.69) is 0 Å². The Bertz CT molecular complexity index is 1220. The Morgan fingerprint density at radius 2 is 1.28 bits per heavy atom. The second-order valence-electron chi connectivity index (χ2n) is 6.15. The molecule has 142 valence electrons. The standard InChI is InChI=1S/C20H10N2O6S/c23-19-13-3-1-2-4-14(13)20(24)18-16(10-9-15(17(18)19)22(27)28)29-12-7-5-11(6-8-12)21(25)26/h1-10H. The van der Waals surface area contributed by atoms with E-state index in [9.17, 15) is 29.8 Å². The SMILES string of the molecule is O=C1c2ccccc2C(=O)c2c([N+](=O)[O-])ccc(Sc3ccc([N+](=O)[O-])cc3)c21. The van der Waals surface area contributed by atoms with E-state index in [0.717, 1.165) is 11.8 Å². The molecule has 0 aliphatic heterocycles. The predicted octanol–water partition coefficient (Wildman–Crippen LogP) is 4.43. The van der Waals surface area contributed by atoms with Gasteiger partial charge in [-0.3, -0.25) is 29.8 Å². The molecule has 0 bridgehead atoms. The molecule has 0 saturated heterocycles. The van der Waals surface area contributed by atoms with Crippen molar-refractivity contribution >= 4 is 34.7 Å². The highest BCUT2D eigenvalue weighted by Gasteiger charge is 2.37. The van der Waals surface area contributed by atoms with Gasteiger partial charge in [0.2, 0.25) is 5.78 Å². The van der Waals surface area contributed by atoms with Crippen molar-refractivity contribution in [1.29, 1.82) is 0 Å². The van der Waals surface area contributed by atoms with E-state index < -0.39 is 27.1 Å². The lowest BCUT2D eigenvalue weighted by Gasteiger charge is -2.19. The Labute approximate surface area is 167 Å². The van der Waals surface area contributed by atoms with Gasteiger partial charge in [-0.05, 0) is 18.2 Å². The van der Waals surface area contributed by atoms with Crippen LogP contribution in [0.1, 0.15) is 31.8 Å². The third kappa shape index (κ3) is 3.07. The van der Waals surface area contributed by atoms with Crippen LogP contribution in [0.3, 0.4) is 0 Å². The molecule has 9 heteroatoms. The number of fused-ring (bicyclic) bond motifs is 2. The van der Waals surface area contributed by atoms with E-state index in [1.54, 1.807) is 12.1 Å². The number of ketones is 2. The average molecular weight is 406 g/mol. The first-order chi connectivity index (χ1) is 13.9. The number of nitro benzene ring substituents is 2. The monoisotopic (exact) mass is 406 g/mol. The summed E-state index contributed by atoms with van der Waals surface area (Å²) in [6.07, 6.45) is 0. The smallest absolute Gasteiger partial charge is 0.281 e. The number of non-ortho nitro benzene ring substituents is 1. The highest BCUT2D eigenvalue weighted by Crippen LogP contribution is 2.41. The van der Waals surface area contributed by atoms with Crippen LogP contribution in [0.2, 0.25) is 0 Å². The van der Waals surface area contributed by atoms with Crippen molar-refractivity contribution in [2.24, 2.45) is 0 Å². The van der Waals surface area contributed by atoms with Crippen molar-refractivity contribution < 1.29 is 19.4 Å². The molecule has 1 aliphatic rings. The zero-order chi connectivity index (χ0) is 20.7. The summed E-state index contributed by atoms with van der Waals surface area (Å²) < 4.78 is 0. The molecule has 3 aromatic carbocycles. The first-order valence-corrected chi connectivity index (χ1v) is 9.12. The molecule has 0 atom stereocenters. The molecule has 0 heterocycles. The van der Waals surface area contributed by atoms with Crippen LogP contribution >= 0.6 is 11.8 Å². The van der Waals surface area contributed by atoms with Gasteiger partial charge in [0.05, 0.1) is 15.4 Å². The minimum atomic E-state index is -0.682. The lowest BCUT2D eigenvalue weighted by molar-refractivity contribution is -0.385. The van der Waals surface area contributed by atoms with Crippen LogP contribution in [0.15, 0.2) is 70.5 Å². The van der Waals surface area contributed by atoms with Gasteiger partial charge < -0.3 is 0 Å². The molecule has 3 aromatic rings. The van der Waals surface area contributed by atoms with E-state index in [1.807, 2.05) is 0 Å². The average Bonchev–Trinajstić information content (AvgIpc) is 2.72. The fourth-order valence-electron chi connectivity index (χ4n) is 3.18. The molecule has 0 radical (unpaired) electrons. The van der Waals surface area contributed by atoms with Crippen molar-refractivity contribution in [3.05, 3.63) is 103 Å². The highest BCUT2D eigenvalue weighted by molar-refractivity contribution is 7.99. The van der Waals surface area contributed by atoms with Crippen LogP contribution < -0.4 is 0 Å². The molecule has 8 nitrogen and oxygen atoms in total. The maximum atomic E-state index is 13.1. The fourth-order valence-corrected chi connectivity index (χ4v) is 4.14. The fraction of sp³-hybridized carbons (Fsp3) is 0. The van der Waals surface area contributed by atoms with Gasteiger partial charge in [-0.2, -0.15) is 0 Å². The molecule has 0 fully saturated rings. The van der Waals surface area contributed by atoms with Crippen LogP contribution in [-0.2, 0) is 0 Å². The first kappa shape index (κ1) is 18.5. The normalized spacial score (nSPS) is 12.3. The number of carbonyl (C=O) groups is 2. The van der Waals surface area contributed by atoms with Crippen LogP contribution in [0.25, 0.3) is 0 Å². The van der Waals surface area contributed by atoms with E-state index in [-0.39, 0.29) is 27.9 Å². The number of hydrogen-bond donors (Lipinski definition) is 0. The molecule has 1 aliphatic carbocycles. The second kappa shape index (κ2) is 6.95. The van der Waals surface area contributed by atoms with Gasteiger partial charge in [0.25, 0.3) is 11.4 Å². The molecule has 29 heavy (non-hydrogen) atoms. The topological polar surface area (TPSA) is 120 Å². The summed E-state index contributed by atoms with van der Waals surface area (Å²) >= 11 is 1.11. The molecule has 0 saturated carbocycles. The maximum Gasteiger partial charge on any atom is 0.281 e.